The van der Waals surface area contributed by atoms with E-state index in [0.29, 0.717) is 6.17 Å². The van der Waals surface area contributed by atoms with E-state index in [9.17, 15) is 0 Å². The summed E-state index contributed by atoms with van der Waals surface area (Å²) in [6.07, 6.45) is 2.36. The lowest BCUT2D eigenvalue weighted by molar-refractivity contribution is 0.556. The molecule has 0 rings (SSSR count). The van der Waals surface area contributed by atoms with E-state index in [1.165, 1.54) is 5.57 Å². The van der Waals surface area contributed by atoms with Crippen molar-refractivity contribution in [1.82, 2.24) is 10.6 Å². The summed E-state index contributed by atoms with van der Waals surface area (Å²) in [4.78, 5) is 0. The lowest BCUT2D eigenvalue weighted by Crippen LogP contribution is -2.33. The van der Waals surface area contributed by atoms with E-state index in [1.807, 2.05) is 13.2 Å². The molecule has 0 bridgehead atoms. The lowest BCUT2D eigenvalue weighted by Gasteiger charge is -2.09. The highest BCUT2D eigenvalue weighted by molar-refractivity contribution is 4.91. The molecule has 0 aromatic rings. The fraction of sp³-hybridized carbons (Fsp3) is 0.714. The topological polar surface area (TPSA) is 24.1 Å². The Morgan fingerprint density at radius 1 is 1.44 bits per heavy atom. The number of allylic oxidation sites excluding steroid dienone is 1. The molecule has 2 N–H and O–H groups in total. The molecule has 0 saturated carbocycles. The highest BCUT2D eigenvalue weighted by Gasteiger charge is 1.88. The number of rotatable bonds is 3. The van der Waals surface area contributed by atoms with Gasteiger partial charge in [0.05, 0.1) is 6.17 Å². The molecule has 54 valence electrons. The van der Waals surface area contributed by atoms with Crippen molar-refractivity contribution in [1.29, 1.82) is 0 Å². The van der Waals surface area contributed by atoms with Crippen molar-refractivity contribution in [2.45, 2.75) is 26.9 Å². The molecular weight excluding hydrogens is 112 g/mol. The third-order valence-corrected chi connectivity index (χ3v) is 1.06. The summed E-state index contributed by atoms with van der Waals surface area (Å²) in [6, 6.07) is 0. The van der Waals surface area contributed by atoms with Crippen LogP contribution >= 0.6 is 0 Å². The van der Waals surface area contributed by atoms with E-state index in [-0.39, 0.29) is 0 Å². The zero-order chi connectivity index (χ0) is 7.28. The predicted octanol–water partition coefficient (Wildman–Crippen LogP) is 1.07. The van der Waals surface area contributed by atoms with Gasteiger partial charge in [0.15, 0.2) is 0 Å². The van der Waals surface area contributed by atoms with Gasteiger partial charge in [0.25, 0.3) is 0 Å². The Morgan fingerprint density at radius 2 is 2.00 bits per heavy atom. The van der Waals surface area contributed by atoms with Gasteiger partial charge in [0, 0.05) is 0 Å². The van der Waals surface area contributed by atoms with Gasteiger partial charge in [-0.15, -0.1) is 0 Å². The van der Waals surface area contributed by atoms with Crippen LogP contribution in [-0.2, 0) is 0 Å². The molecule has 0 heterocycles. The van der Waals surface area contributed by atoms with Gasteiger partial charge in [0.1, 0.15) is 0 Å². The Labute approximate surface area is 57.3 Å². The van der Waals surface area contributed by atoms with Crippen molar-refractivity contribution in [2.75, 3.05) is 7.05 Å². The van der Waals surface area contributed by atoms with Gasteiger partial charge in [-0.2, -0.15) is 0 Å². The molecule has 0 spiro atoms. The Kier molecular flexibility index (Phi) is 4.14. The Morgan fingerprint density at radius 3 is 2.33 bits per heavy atom. The Bertz CT molecular complexity index is 93.1. The second kappa shape index (κ2) is 4.39. The Balaban J connectivity index is 3.37. The van der Waals surface area contributed by atoms with Crippen LogP contribution in [0, 0.1) is 0 Å². The van der Waals surface area contributed by atoms with Crippen LogP contribution in [0.3, 0.4) is 0 Å². The molecule has 0 unspecified atom stereocenters. The van der Waals surface area contributed by atoms with Crippen molar-refractivity contribution in [2.24, 2.45) is 0 Å². The van der Waals surface area contributed by atoms with E-state index in [4.69, 9.17) is 0 Å². The molecule has 9 heavy (non-hydrogen) atoms. The second-order valence-electron chi connectivity index (χ2n) is 2.40. The van der Waals surface area contributed by atoms with E-state index >= 15 is 0 Å². The minimum absolute atomic E-state index is 0.361. The van der Waals surface area contributed by atoms with E-state index < -0.39 is 0 Å². The highest BCUT2D eigenvalue weighted by atomic mass is 15.1. The van der Waals surface area contributed by atoms with Crippen molar-refractivity contribution in [3.8, 4) is 0 Å². The van der Waals surface area contributed by atoms with E-state index in [2.05, 4.69) is 31.4 Å². The highest BCUT2D eigenvalue weighted by Crippen LogP contribution is 1.84. The fourth-order valence-electron chi connectivity index (χ4n) is 0.375. The first-order valence-electron chi connectivity index (χ1n) is 3.23. The molecule has 0 aliphatic rings. The summed E-state index contributed by atoms with van der Waals surface area (Å²) in [7, 11) is 1.93. The van der Waals surface area contributed by atoms with Crippen LogP contribution in [0.1, 0.15) is 20.8 Å². The first-order valence-corrected chi connectivity index (χ1v) is 3.23. The van der Waals surface area contributed by atoms with E-state index in [1.54, 1.807) is 0 Å². The van der Waals surface area contributed by atoms with Crippen LogP contribution in [0.4, 0.5) is 0 Å². The van der Waals surface area contributed by atoms with Gasteiger partial charge in [-0.1, -0.05) is 5.57 Å². The standard InChI is InChI=1S/C7H16N2/c1-6(2)5-9-7(3)8-4/h5,7-9H,1-4H3/t7-/m1/s1. The molecule has 0 aromatic carbocycles. The quantitative estimate of drug-likeness (QED) is 0.555. The summed E-state index contributed by atoms with van der Waals surface area (Å²) in [5.41, 5.74) is 1.29. The zero-order valence-corrected chi connectivity index (χ0v) is 6.65. The molecule has 1 atom stereocenters. The fourth-order valence-corrected chi connectivity index (χ4v) is 0.375. The molecule has 0 amide bonds. The average molecular weight is 128 g/mol. The van der Waals surface area contributed by atoms with Crippen LogP contribution in [0.2, 0.25) is 0 Å². The van der Waals surface area contributed by atoms with Gasteiger partial charge in [-0.05, 0) is 34.0 Å². The van der Waals surface area contributed by atoms with Gasteiger partial charge in [0.2, 0.25) is 0 Å². The Hall–Kier alpha value is -0.500. The predicted molar refractivity (Wildman–Crippen MR) is 41.1 cm³/mol. The molecular formula is C7H16N2. The van der Waals surface area contributed by atoms with Crippen molar-refractivity contribution in [3.63, 3.8) is 0 Å². The summed E-state index contributed by atoms with van der Waals surface area (Å²) in [5.74, 6) is 0. The maximum absolute atomic E-state index is 3.16. The third kappa shape index (κ3) is 5.37. The minimum Gasteiger partial charge on any atom is -0.376 e. The van der Waals surface area contributed by atoms with Gasteiger partial charge < -0.3 is 10.6 Å². The molecule has 0 aliphatic heterocycles. The molecule has 0 fully saturated rings. The first kappa shape index (κ1) is 8.50. The maximum atomic E-state index is 3.16. The number of hydrogen-bond donors (Lipinski definition) is 2. The van der Waals surface area contributed by atoms with Crippen molar-refractivity contribution >= 4 is 0 Å². The summed E-state index contributed by atoms with van der Waals surface area (Å²) >= 11 is 0. The summed E-state index contributed by atoms with van der Waals surface area (Å²) < 4.78 is 0. The lowest BCUT2D eigenvalue weighted by atomic mass is 10.4. The number of nitrogens with one attached hydrogen (secondary N) is 2. The second-order valence-corrected chi connectivity index (χ2v) is 2.40. The van der Waals surface area contributed by atoms with Gasteiger partial charge in [-0.25, -0.2) is 0 Å². The third-order valence-electron chi connectivity index (χ3n) is 1.06. The summed E-state index contributed by atoms with van der Waals surface area (Å²) in [6.45, 7) is 6.20. The molecule has 0 aromatic heterocycles. The minimum atomic E-state index is 0.361. The van der Waals surface area contributed by atoms with Crippen LogP contribution in [0.25, 0.3) is 0 Å². The smallest absolute Gasteiger partial charge is 0.0731 e. The normalized spacial score (nSPS) is 12.4. The summed E-state index contributed by atoms with van der Waals surface area (Å²) in [5, 5.41) is 6.22. The van der Waals surface area contributed by atoms with Gasteiger partial charge in [-0.3, -0.25) is 0 Å². The van der Waals surface area contributed by atoms with Crippen LogP contribution in [0.5, 0.6) is 0 Å². The van der Waals surface area contributed by atoms with Crippen LogP contribution in [-0.4, -0.2) is 13.2 Å². The van der Waals surface area contributed by atoms with Crippen LogP contribution < -0.4 is 10.6 Å². The molecule has 2 nitrogen and oxygen atoms in total. The molecule has 0 radical (unpaired) electrons. The average Bonchev–Trinajstić information content (AvgIpc) is 1.83. The largest absolute Gasteiger partial charge is 0.376 e. The van der Waals surface area contributed by atoms with Crippen LogP contribution in [0.15, 0.2) is 11.8 Å². The molecule has 0 aliphatic carbocycles. The number of hydrogen-bond acceptors (Lipinski definition) is 2. The first-order chi connectivity index (χ1) is 4.16. The van der Waals surface area contributed by atoms with Crippen molar-refractivity contribution < 1.29 is 0 Å². The molecule has 0 saturated heterocycles. The monoisotopic (exact) mass is 128 g/mol. The van der Waals surface area contributed by atoms with E-state index in [0.717, 1.165) is 0 Å². The molecule has 2 heteroatoms. The SMILES string of the molecule is CN[C@@H](C)NC=C(C)C. The zero-order valence-electron chi connectivity index (χ0n) is 6.65. The van der Waals surface area contributed by atoms with Gasteiger partial charge >= 0.3 is 0 Å². The van der Waals surface area contributed by atoms with Crippen molar-refractivity contribution in [3.05, 3.63) is 11.8 Å². The maximum Gasteiger partial charge on any atom is 0.0731 e.